The fourth-order valence-corrected chi connectivity index (χ4v) is 3.97. The highest BCUT2D eigenvalue weighted by Crippen LogP contribution is 2.42. The maximum absolute atomic E-state index is 12.5. The Labute approximate surface area is 157 Å². The van der Waals surface area contributed by atoms with Gasteiger partial charge in [-0.25, -0.2) is 4.98 Å². The Morgan fingerprint density at radius 3 is 2.73 bits per heavy atom. The first kappa shape index (κ1) is 16.7. The van der Waals surface area contributed by atoms with E-state index in [1.807, 2.05) is 0 Å². The first-order valence-corrected chi connectivity index (χ1v) is 8.94. The molecule has 3 aromatic rings. The second kappa shape index (κ2) is 6.54. The summed E-state index contributed by atoms with van der Waals surface area (Å²) in [6.45, 7) is 0. The van der Waals surface area contributed by atoms with E-state index in [0.29, 0.717) is 16.0 Å². The molecule has 0 saturated carbocycles. The van der Waals surface area contributed by atoms with Crippen molar-refractivity contribution in [2.75, 3.05) is 0 Å². The van der Waals surface area contributed by atoms with E-state index >= 15 is 0 Å². The number of halogens is 1. The molecular weight excluding hydrogens is 376 g/mol. The molecule has 0 fully saturated rings. The van der Waals surface area contributed by atoms with E-state index < -0.39 is 4.92 Å². The van der Waals surface area contributed by atoms with Gasteiger partial charge < -0.3 is 0 Å². The Morgan fingerprint density at radius 1 is 1.23 bits per heavy atom. The van der Waals surface area contributed by atoms with Crippen LogP contribution in [0.1, 0.15) is 22.0 Å². The number of thioether (sulfide) groups is 1. The average Bonchev–Trinajstić information content (AvgIpc) is 3.07. The predicted molar refractivity (Wildman–Crippen MR) is 97.4 cm³/mol. The van der Waals surface area contributed by atoms with Gasteiger partial charge in [0, 0.05) is 34.4 Å². The summed E-state index contributed by atoms with van der Waals surface area (Å²) < 4.78 is 1.29. The number of rotatable bonds is 3. The van der Waals surface area contributed by atoms with Crippen LogP contribution >= 0.6 is 23.4 Å². The van der Waals surface area contributed by atoms with E-state index in [9.17, 15) is 14.9 Å². The second-order valence-corrected chi connectivity index (χ2v) is 7.30. The molecule has 1 aliphatic heterocycles. The highest BCUT2D eigenvalue weighted by Gasteiger charge is 2.30. The second-order valence-electron chi connectivity index (χ2n) is 5.69. The summed E-state index contributed by atoms with van der Waals surface area (Å²) >= 11 is 7.27. The maximum Gasteiger partial charge on any atom is 0.269 e. The summed E-state index contributed by atoms with van der Waals surface area (Å²) in [5, 5.41) is 16.1. The summed E-state index contributed by atoms with van der Waals surface area (Å²) in [5.41, 5.74) is 1.49. The van der Waals surface area contributed by atoms with Gasteiger partial charge in [-0.15, -0.1) is 5.10 Å². The van der Waals surface area contributed by atoms with Gasteiger partial charge in [0.15, 0.2) is 11.0 Å². The van der Waals surface area contributed by atoms with Crippen LogP contribution in [0.25, 0.3) is 11.4 Å². The number of fused-ring (bicyclic) bond motifs is 1. The van der Waals surface area contributed by atoms with Crippen molar-refractivity contribution < 1.29 is 9.72 Å². The van der Waals surface area contributed by atoms with Crippen molar-refractivity contribution >= 4 is 35.0 Å². The standard InChI is InChI=1S/C17H11ClN4O3S/c18-12-6-4-10(5-7-12)16-19-17-21(20-16)15(23)9-14(26-17)11-2-1-3-13(8-11)22(24)25/h1-8,14H,9H2. The van der Waals surface area contributed by atoms with E-state index in [2.05, 4.69) is 10.1 Å². The van der Waals surface area contributed by atoms with Crippen molar-refractivity contribution in [2.24, 2.45) is 0 Å². The molecule has 130 valence electrons. The van der Waals surface area contributed by atoms with Crippen LogP contribution in [0.4, 0.5) is 5.69 Å². The van der Waals surface area contributed by atoms with E-state index in [4.69, 9.17) is 11.6 Å². The third-order valence-electron chi connectivity index (χ3n) is 3.98. The molecule has 26 heavy (non-hydrogen) atoms. The zero-order valence-corrected chi connectivity index (χ0v) is 14.8. The molecule has 4 rings (SSSR count). The largest absolute Gasteiger partial charge is 0.272 e. The molecule has 1 unspecified atom stereocenters. The number of nitro groups is 1. The Bertz CT molecular complexity index is 1020. The minimum absolute atomic E-state index is 0.00411. The van der Waals surface area contributed by atoms with Crippen LogP contribution in [-0.2, 0) is 0 Å². The van der Waals surface area contributed by atoms with Crippen molar-refractivity contribution in [3.63, 3.8) is 0 Å². The molecule has 7 nitrogen and oxygen atoms in total. The van der Waals surface area contributed by atoms with Crippen molar-refractivity contribution in [2.45, 2.75) is 16.8 Å². The van der Waals surface area contributed by atoms with E-state index in [0.717, 1.165) is 11.1 Å². The number of nitro benzene ring substituents is 1. The minimum atomic E-state index is -0.444. The Balaban J connectivity index is 1.66. The van der Waals surface area contributed by atoms with Crippen LogP contribution in [0.2, 0.25) is 5.02 Å². The Hall–Kier alpha value is -2.71. The van der Waals surface area contributed by atoms with Crippen LogP contribution in [0, 0.1) is 10.1 Å². The topological polar surface area (TPSA) is 90.9 Å². The molecule has 0 bridgehead atoms. The van der Waals surface area contributed by atoms with Gasteiger partial charge in [0.1, 0.15) is 0 Å². The Kier molecular flexibility index (Phi) is 4.21. The van der Waals surface area contributed by atoms with Gasteiger partial charge in [0.25, 0.3) is 11.6 Å². The third-order valence-corrected chi connectivity index (χ3v) is 5.43. The molecule has 2 aromatic carbocycles. The van der Waals surface area contributed by atoms with Gasteiger partial charge >= 0.3 is 0 Å². The molecule has 0 spiro atoms. The first-order valence-electron chi connectivity index (χ1n) is 7.68. The van der Waals surface area contributed by atoms with Gasteiger partial charge in [-0.3, -0.25) is 14.9 Å². The van der Waals surface area contributed by atoms with Crippen molar-refractivity contribution in [3.05, 3.63) is 69.2 Å². The lowest BCUT2D eigenvalue weighted by atomic mass is 10.1. The smallest absolute Gasteiger partial charge is 0.269 e. The lowest BCUT2D eigenvalue weighted by molar-refractivity contribution is -0.384. The molecular formula is C17H11ClN4O3S. The number of benzene rings is 2. The zero-order valence-electron chi connectivity index (χ0n) is 13.2. The molecule has 0 saturated heterocycles. The van der Waals surface area contributed by atoms with Crippen molar-refractivity contribution in [1.29, 1.82) is 0 Å². The first-order chi connectivity index (χ1) is 12.5. The number of non-ortho nitro benzene ring substituents is 1. The number of hydrogen-bond donors (Lipinski definition) is 0. The van der Waals surface area contributed by atoms with Crippen LogP contribution in [0.15, 0.2) is 53.7 Å². The molecule has 2 heterocycles. The number of hydrogen-bond acceptors (Lipinski definition) is 6. The van der Waals surface area contributed by atoms with Crippen LogP contribution in [0.3, 0.4) is 0 Å². The zero-order chi connectivity index (χ0) is 18.3. The van der Waals surface area contributed by atoms with Gasteiger partial charge in [0.05, 0.1) is 4.92 Å². The highest BCUT2D eigenvalue weighted by molar-refractivity contribution is 7.99. The fourth-order valence-electron chi connectivity index (χ4n) is 2.70. The summed E-state index contributed by atoms with van der Waals surface area (Å²) in [4.78, 5) is 27.5. The summed E-state index contributed by atoms with van der Waals surface area (Å²) in [6.07, 6.45) is 0.197. The van der Waals surface area contributed by atoms with Gasteiger partial charge in [-0.1, -0.05) is 35.5 Å². The molecule has 0 aliphatic carbocycles. The molecule has 1 aromatic heterocycles. The third kappa shape index (κ3) is 3.09. The van der Waals surface area contributed by atoms with Crippen molar-refractivity contribution in [3.8, 4) is 11.4 Å². The monoisotopic (exact) mass is 386 g/mol. The van der Waals surface area contributed by atoms with Crippen LogP contribution < -0.4 is 0 Å². The summed E-state index contributed by atoms with van der Waals surface area (Å²) in [5.74, 6) is 0.250. The van der Waals surface area contributed by atoms with Gasteiger partial charge in [0.2, 0.25) is 0 Å². The van der Waals surface area contributed by atoms with E-state index in [1.54, 1.807) is 36.4 Å². The number of carbonyl (C=O) groups excluding carboxylic acids is 1. The van der Waals surface area contributed by atoms with E-state index in [1.165, 1.54) is 28.6 Å². The quantitative estimate of drug-likeness (QED) is 0.490. The highest BCUT2D eigenvalue weighted by atomic mass is 35.5. The number of nitrogens with zero attached hydrogens (tertiary/aromatic N) is 4. The van der Waals surface area contributed by atoms with Gasteiger partial charge in [-0.2, -0.15) is 4.68 Å². The molecule has 0 radical (unpaired) electrons. The summed E-state index contributed by atoms with van der Waals surface area (Å²) in [7, 11) is 0. The average molecular weight is 387 g/mol. The lowest BCUT2D eigenvalue weighted by Gasteiger charge is -2.20. The minimum Gasteiger partial charge on any atom is -0.272 e. The maximum atomic E-state index is 12.5. The predicted octanol–water partition coefficient (Wildman–Crippen LogP) is 4.38. The van der Waals surface area contributed by atoms with Gasteiger partial charge in [-0.05, 0) is 29.8 Å². The lowest BCUT2D eigenvalue weighted by Crippen LogP contribution is -2.21. The van der Waals surface area contributed by atoms with Crippen molar-refractivity contribution in [1.82, 2.24) is 14.8 Å². The number of carbonyl (C=O) groups is 1. The fraction of sp³-hybridized carbons (Fsp3) is 0.118. The molecule has 1 atom stereocenters. The molecule has 0 amide bonds. The van der Waals surface area contributed by atoms with Crippen LogP contribution in [0.5, 0.6) is 0 Å². The summed E-state index contributed by atoms with van der Waals surface area (Å²) in [6, 6.07) is 13.4. The normalized spacial score (nSPS) is 16.3. The molecule has 1 aliphatic rings. The molecule has 9 heteroatoms. The van der Waals surface area contributed by atoms with Crippen LogP contribution in [-0.4, -0.2) is 25.6 Å². The molecule has 0 N–H and O–H groups in total. The number of aromatic nitrogens is 3. The Morgan fingerprint density at radius 2 is 2.00 bits per heavy atom. The SMILES string of the molecule is O=C1CC(c2cccc([N+](=O)[O-])c2)Sc2nc(-c3ccc(Cl)cc3)nn21. The van der Waals surface area contributed by atoms with E-state index in [-0.39, 0.29) is 23.3 Å².